The highest BCUT2D eigenvalue weighted by molar-refractivity contribution is 5.44. The fraction of sp³-hybridized carbons (Fsp3) is 0.333. The van der Waals surface area contributed by atoms with E-state index >= 15 is 0 Å². The van der Waals surface area contributed by atoms with Crippen molar-refractivity contribution in [1.82, 2.24) is 20.2 Å². The van der Waals surface area contributed by atoms with E-state index in [1.165, 1.54) is 0 Å². The smallest absolute Gasteiger partial charge is 0.267 e. The van der Waals surface area contributed by atoms with Gasteiger partial charge in [-0.05, 0) is 30.5 Å². The highest BCUT2D eigenvalue weighted by Gasteiger charge is 2.41. The largest absolute Gasteiger partial charge is 0.497 e. The van der Waals surface area contributed by atoms with Gasteiger partial charge >= 0.3 is 0 Å². The fourth-order valence-corrected chi connectivity index (χ4v) is 3.19. The maximum atomic E-state index is 6.01. The lowest BCUT2D eigenvalue weighted by molar-refractivity contribution is 0.0546. The van der Waals surface area contributed by atoms with Gasteiger partial charge in [-0.2, -0.15) is 0 Å². The molecular formula is C18H18N4O3. The van der Waals surface area contributed by atoms with Crippen LogP contribution >= 0.6 is 0 Å². The maximum absolute atomic E-state index is 6.01. The van der Waals surface area contributed by atoms with Crippen LogP contribution in [-0.2, 0) is 10.2 Å². The molecule has 1 aliphatic rings. The molecule has 0 bridgehead atoms. The van der Waals surface area contributed by atoms with Crippen molar-refractivity contribution in [3.8, 4) is 17.3 Å². The molecule has 2 aromatic heterocycles. The molecule has 0 atom stereocenters. The first-order valence-corrected chi connectivity index (χ1v) is 8.14. The lowest BCUT2D eigenvalue weighted by Crippen LogP contribution is -2.35. The van der Waals surface area contributed by atoms with E-state index in [4.69, 9.17) is 13.9 Å². The van der Waals surface area contributed by atoms with E-state index in [9.17, 15) is 0 Å². The van der Waals surface area contributed by atoms with Crippen LogP contribution < -0.4 is 4.74 Å². The summed E-state index contributed by atoms with van der Waals surface area (Å²) in [6, 6.07) is 8.01. The zero-order chi connectivity index (χ0) is 17.1. The minimum atomic E-state index is -0.363. The molecule has 128 valence electrons. The monoisotopic (exact) mass is 338 g/mol. The van der Waals surface area contributed by atoms with Crippen LogP contribution in [0.25, 0.3) is 11.6 Å². The molecular weight excluding hydrogens is 320 g/mol. The second kappa shape index (κ2) is 6.60. The summed E-state index contributed by atoms with van der Waals surface area (Å²) >= 11 is 0. The Labute approximate surface area is 145 Å². The Morgan fingerprint density at radius 1 is 1.04 bits per heavy atom. The van der Waals surface area contributed by atoms with Gasteiger partial charge in [0.05, 0.1) is 18.7 Å². The molecule has 3 aromatic rings. The topological polar surface area (TPSA) is 83.2 Å². The summed E-state index contributed by atoms with van der Waals surface area (Å²) in [6.07, 6.45) is 6.38. The van der Waals surface area contributed by atoms with Crippen molar-refractivity contribution in [2.45, 2.75) is 18.3 Å². The minimum Gasteiger partial charge on any atom is -0.497 e. The summed E-state index contributed by atoms with van der Waals surface area (Å²) < 4.78 is 16.8. The molecule has 25 heavy (non-hydrogen) atoms. The van der Waals surface area contributed by atoms with Crippen LogP contribution in [-0.4, -0.2) is 40.5 Å². The average molecular weight is 338 g/mol. The van der Waals surface area contributed by atoms with Crippen LogP contribution in [0.5, 0.6) is 5.75 Å². The summed E-state index contributed by atoms with van der Waals surface area (Å²) in [5, 5.41) is 8.52. The van der Waals surface area contributed by atoms with E-state index in [1.807, 2.05) is 12.1 Å². The Bertz CT molecular complexity index is 827. The highest BCUT2D eigenvalue weighted by atomic mass is 16.5. The van der Waals surface area contributed by atoms with Gasteiger partial charge < -0.3 is 13.9 Å². The van der Waals surface area contributed by atoms with Gasteiger partial charge in [-0.1, -0.05) is 12.1 Å². The third-order valence-electron chi connectivity index (χ3n) is 4.61. The summed E-state index contributed by atoms with van der Waals surface area (Å²) in [5.41, 5.74) is 1.32. The van der Waals surface area contributed by atoms with Gasteiger partial charge in [-0.15, -0.1) is 10.2 Å². The molecule has 1 fully saturated rings. The van der Waals surface area contributed by atoms with Gasteiger partial charge in [0, 0.05) is 25.6 Å². The van der Waals surface area contributed by atoms with Gasteiger partial charge in [-0.3, -0.25) is 4.98 Å². The van der Waals surface area contributed by atoms with E-state index < -0.39 is 0 Å². The molecule has 0 amide bonds. The zero-order valence-electron chi connectivity index (χ0n) is 13.9. The number of hydrogen-bond acceptors (Lipinski definition) is 7. The number of aromatic nitrogens is 4. The summed E-state index contributed by atoms with van der Waals surface area (Å²) in [4.78, 5) is 8.28. The van der Waals surface area contributed by atoms with Crippen LogP contribution in [0.1, 0.15) is 24.3 Å². The lowest BCUT2D eigenvalue weighted by atomic mass is 9.74. The van der Waals surface area contributed by atoms with Crippen LogP contribution in [0.4, 0.5) is 0 Å². The van der Waals surface area contributed by atoms with Gasteiger partial charge in [0.1, 0.15) is 11.4 Å². The standard InChI is InChI=1S/C18H18N4O3/c1-23-14-4-2-13(3-5-14)18(6-10-24-11-7-18)17-22-21-16(25-17)15-12-19-8-9-20-15/h2-5,8-9,12H,6-7,10-11H2,1H3. The van der Waals surface area contributed by atoms with Crippen molar-refractivity contribution in [2.75, 3.05) is 20.3 Å². The molecule has 3 heterocycles. The second-order valence-corrected chi connectivity index (χ2v) is 5.93. The summed E-state index contributed by atoms with van der Waals surface area (Å²) in [7, 11) is 1.66. The Balaban J connectivity index is 1.75. The van der Waals surface area contributed by atoms with Crippen LogP contribution in [0.2, 0.25) is 0 Å². The van der Waals surface area contributed by atoms with E-state index in [0.29, 0.717) is 30.7 Å². The molecule has 0 radical (unpaired) electrons. The molecule has 0 spiro atoms. The Hall–Kier alpha value is -2.80. The van der Waals surface area contributed by atoms with Gasteiger partial charge in [0.25, 0.3) is 5.89 Å². The zero-order valence-corrected chi connectivity index (χ0v) is 13.9. The molecule has 7 nitrogen and oxygen atoms in total. The number of nitrogens with zero attached hydrogens (tertiary/aromatic N) is 4. The molecule has 4 rings (SSSR count). The normalized spacial score (nSPS) is 16.5. The third-order valence-corrected chi connectivity index (χ3v) is 4.61. The fourth-order valence-electron chi connectivity index (χ4n) is 3.19. The first-order chi connectivity index (χ1) is 12.3. The molecule has 1 aliphatic heterocycles. The number of methoxy groups -OCH3 is 1. The van der Waals surface area contributed by atoms with E-state index in [1.54, 1.807) is 25.7 Å². The number of ether oxygens (including phenoxy) is 2. The summed E-state index contributed by atoms with van der Waals surface area (Å²) in [5.74, 6) is 1.78. The van der Waals surface area contributed by atoms with Crippen molar-refractivity contribution >= 4 is 0 Å². The van der Waals surface area contributed by atoms with Crippen molar-refractivity contribution in [1.29, 1.82) is 0 Å². The van der Waals surface area contributed by atoms with Gasteiger partial charge in [0.2, 0.25) is 5.89 Å². The first kappa shape index (κ1) is 15.7. The molecule has 0 aliphatic carbocycles. The van der Waals surface area contributed by atoms with Gasteiger partial charge in [0.15, 0.2) is 0 Å². The second-order valence-electron chi connectivity index (χ2n) is 5.93. The highest BCUT2D eigenvalue weighted by Crippen LogP contribution is 2.41. The SMILES string of the molecule is COc1ccc(C2(c3nnc(-c4cnccn4)o3)CCOCC2)cc1. The first-order valence-electron chi connectivity index (χ1n) is 8.14. The molecule has 7 heteroatoms. The Morgan fingerprint density at radius 2 is 1.84 bits per heavy atom. The third kappa shape index (κ3) is 2.87. The summed E-state index contributed by atoms with van der Waals surface area (Å²) in [6.45, 7) is 1.30. The minimum absolute atomic E-state index is 0.363. The lowest BCUT2D eigenvalue weighted by Gasteiger charge is -2.34. The quantitative estimate of drug-likeness (QED) is 0.723. The molecule has 0 unspecified atom stereocenters. The predicted molar refractivity (Wildman–Crippen MR) is 89.2 cm³/mol. The van der Waals surface area contributed by atoms with Gasteiger partial charge in [-0.25, -0.2) is 4.98 Å². The van der Waals surface area contributed by atoms with Crippen LogP contribution in [0.3, 0.4) is 0 Å². The number of hydrogen-bond donors (Lipinski definition) is 0. The number of rotatable bonds is 4. The van der Waals surface area contributed by atoms with E-state index in [2.05, 4.69) is 32.3 Å². The predicted octanol–water partition coefficient (Wildman–Crippen LogP) is 2.63. The number of benzene rings is 1. The van der Waals surface area contributed by atoms with Crippen molar-refractivity contribution in [2.24, 2.45) is 0 Å². The average Bonchev–Trinajstić information content (AvgIpc) is 3.20. The van der Waals surface area contributed by atoms with Crippen molar-refractivity contribution < 1.29 is 13.9 Å². The molecule has 0 N–H and O–H groups in total. The molecule has 0 saturated carbocycles. The Morgan fingerprint density at radius 3 is 2.52 bits per heavy atom. The molecule has 1 saturated heterocycles. The van der Waals surface area contributed by atoms with Crippen molar-refractivity contribution in [3.05, 3.63) is 54.3 Å². The molecule has 1 aromatic carbocycles. The van der Waals surface area contributed by atoms with Crippen LogP contribution in [0, 0.1) is 0 Å². The Kier molecular flexibility index (Phi) is 4.15. The van der Waals surface area contributed by atoms with E-state index in [-0.39, 0.29) is 5.41 Å². The maximum Gasteiger partial charge on any atom is 0.267 e. The van der Waals surface area contributed by atoms with Crippen LogP contribution in [0.15, 0.2) is 47.3 Å². The van der Waals surface area contributed by atoms with Crippen molar-refractivity contribution in [3.63, 3.8) is 0 Å². The van der Waals surface area contributed by atoms with E-state index in [0.717, 1.165) is 24.2 Å².